The van der Waals surface area contributed by atoms with Gasteiger partial charge in [-0.05, 0) is 36.8 Å². The normalized spacial score (nSPS) is 17.1. The van der Waals surface area contributed by atoms with Crippen LogP contribution in [0.3, 0.4) is 0 Å². The molecule has 5 heteroatoms. The Morgan fingerprint density at radius 1 is 1.53 bits per heavy atom. The SMILES string of the molecule is Cc1ccsc1NC(=O)C1(C(=O)O)CC1. The minimum absolute atomic E-state index is 0.388. The van der Waals surface area contributed by atoms with Crippen LogP contribution in [0.5, 0.6) is 0 Å². The van der Waals surface area contributed by atoms with Crippen LogP contribution in [0.2, 0.25) is 0 Å². The van der Waals surface area contributed by atoms with E-state index in [4.69, 9.17) is 5.11 Å². The zero-order valence-electron chi connectivity index (χ0n) is 8.24. The number of hydrogen-bond acceptors (Lipinski definition) is 3. The Bertz CT molecular complexity index is 420. The van der Waals surface area contributed by atoms with Gasteiger partial charge in [0.1, 0.15) is 5.41 Å². The smallest absolute Gasteiger partial charge is 0.319 e. The maximum Gasteiger partial charge on any atom is 0.319 e. The Balaban J connectivity index is 2.11. The van der Waals surface area contributed by atoms with Gasteiger partial charge in [-0.25, -0.2) is 0 Å². The molecule has 0 unspecified atom stereocenters. The van der Waals surface area contributed by atoms with E-state index in [0.717, 1.165) is 10.6 Å². The van der Waals surface area contributed by atoms with Crippen LogP contribution in [0.1, 0.15) is 18.4 Å². The second-order valence-electron chi connectivity index (χ2n) is 3.77. The van der Waals surface area contributed by atoms with Gasteiger partial charge in [-0.3, -0.25) is 9.59 Å². The average Bonchev–Trinajstić information content (AvgIpc) is 2.89. The summed E-state index contributed by atoms with van der Waals surface area (Å²) in [6, 6.07) is 1.89. The minimum Gasteiger partial charge on any atom is -0.480 e. The number of nitrogens with one attached hydrogen (secondary N) is 1. The number of anilines is 1. The van der Waals surface area contributed by atoms with E-state index >= 15 is 0 Å². The van der Waals surface area contributed by atoms with Crippen molar-refractivity contribution >= 4 is 28.2 Å². The second-order valence-corrected chi connectivity index (χ2v) is 4.69. The topological polar surface area (TPSA) is 66.4 Å². The highest BCUT2D eigenvalue weighted by Crippen LogP contribution is 2.47. The van der Waals surface area contributed by atoms with Gasteiger partial charge in [-0.2, -0.15) is 0 Å². The van der Waals surface area contributed by atoms with Gasteiger partial charge in [0.15, 0.2) is 0 Å². The van der Waals surface area contributed by atoms with Crippen LogP contribution in [0.4, 0.5) is 5.00 Å². The first kappa shape index (κ1) is 10.2. The number of thiophene rings is 1. The Morgan fingerprint density at radius 2 is 2.20 bits per heavy atom. The first-order chi connectivity index (χ1) is 7.06. The third-order valence-electron chi connectivity index (χ3n) is 2.68. The fourth-order valence-corrected chi connectivity index (χ4v) is 2.20. The van der Waals surface area contributed by atoms with Gasteiger partial charge in [0.2, 0.25) is 5.91 Å². The van der Waals surface area contributed by atoms with Crippen molar-refractivity contribution in [2.75, 3.05) is 5.32 Å². The van der Waals surface area contributed by atoms with Crippen molar-refractivity contribution in [3.63, 3.8) is 0 Å². The number of aliphatic carboxylic acids is 1. The summed E-state index contributed by atoms with van der Waals surface area (Å²) in [5, 5.41) is 14.2. The van der Waals surface area contributed by atoms with E-state index < -0.39 is 11.4 Å². The molecule has 80 valence electrons. The number of amides is 1. The van der Waals surface area contributed by atoms with Gasteiger partial charge in [0, 0.05) is 0 Å². The fraction of sp³-hybridized carbons (Fsp3) is 0.400. The highest BCUT2D eigenvalue weighted by molar-refractivity contribution is 7.14. The quantitative estimate of drug-likeness (QED) is 0.771. The van der Waals surface area contributed by atoms with Crippen LogP contribution in [-0.4, -0.2) is 17.0 Å². The van der Waals surface area contributed by atoms with E-state index in [-0.39, 0.29) is 5.91 Å². The molecule has 0 radical (unpaired) electrons. The molecule has 0 aliphatic heterocycles. The molecule has 1 amide bonds. The Morgan fingerprint density at radius 3 is 2.60 bits per heavy atom. The lowest BCUT2D eigenvalue weighted by Gasteiger charge is -2.09. The van der Waals surface area contributed by atoms with Crippen molar-refractivity contribution < 1.29 is 14.7 Å². The maximum atomic E-state index is 11.7. The largest absolute Gasteiger partial charge is 0.480 e. The second kappa shape index (κ2) is 3.34. The van der Waals surface area contributed by atoms with Crippen molar-refractivity contribution in [1.29, 1.82) is 0 Å². The molecule has 0 spiro atoms. The van der Waals surface area contributed by atoms with Gasteiger partial charge < -0.3 is 10.4 Å². The zero-order valence-corrected chi connectivity index (χ0v) is 9.06. The lowest BCUT2D eigenvalue weighted by Crippen LogP contribution is -2.31. The molecule has 4 nitrogen and oxygen atoms in total. The summed E-state index contributed by atoms with van der Waals surface area (Å²) in [6.07, 6.45) is 0.886. The predicted molar refractivity (Wildman–Crippen MR) is 57.0 cm³/mol. The van der Waals surface area contributed by atoms with E-state index in [1.165, 1.54) is 11.3 Å². The van der Waals surface area contributed by atoms with Crippen molar-refractivity contribution in [3.8, 4) is 0 Å². The van der Waals surface area contributed by atoms with Crippen LogP contribution in [0.15, 0.2) is 11.4 Å². The summed E-state index contributed by atoms with van der Waals surface area (Å²) in [4.78, 5) is 22.6. The van der Waals surface area contributed by atoms with Crippen LogP contribution in [0.25, 0.3) is 0 Å². The summed E-state index contributed by atoms with van der Waals surface area (Å²) >= 11 is 1.41. The summed E-state index contributed by atoms with van der Waals surface area (Å²) in [6.45, 7) is 1.88. The Kier molecular flexibility index (Phi) is 2.26. The third-order valence-corrected chi connectivity index (χ3v) is 3.62. The van der Waals surface area contributed by atoms with Crippen LogP contribution >= 0.6 is 11.3 Å². The van der Waals surface area contributed by atoms with E-state index in [2.05, 4.69) is 5.32 Å². The third kappa shape index (κ3) is 1.63. The molecule has 0 saturated heterocycles. The fourth-order valence-electron chi connectivity index (χ4n) is 1.39. The van der Waals surface area contributed by atoms with Gasteiger partial charge in [-0.15, -0.1) is 11.3 Å². The summed E-state index contributed by atoms with van der Waals surface area (Å²) in [5.41, 5.74) is -0.189. The molecule has 1 fully saturated rings. The molecule has 0 aromatic carbocycles. The monoisotopic (exact) mass is 225 g/mol. The molecule has 0 atom stereocenters. The predicted octanol–water partition coefficient (Wildman–Crippen LogP) is 1.86. The van der Waals surface area contributed by atoms with Crippen molar-refractivity contribution in [2.24, 2.45) is 5.41 Å². The number of carboxylic acid groups (broad SMARTS) is 1. The first-order valence-electron chi connectivity index (χ1n) is 4.65. The van der Waals surface area contributed by atoms with E-state index in [0.29, 0.717) is 12.8 Å². The highest BCUT2D eigenvalue weighted by Gasteiger charge is 2.57. The average molecular weight is 225 g/mol. The van der Waals surface area contributed by atoms with E-state index in [9.17, 15) is 9.59 Å². The molecular formula is C10H11NO3S. The van der Waals surface area contributed by atoms with Crippen LogP contribution < -0.4 is 5.32 Å². The molecule has 1 aliphatic carbocycles. The van der Waals surface area contributed by atoms with Gasteiger partial charge >= 0.3 is 5.97 Å². The molecule has 1 aliphatic rings. The number of hydrogen-bond donors (Lipinski definition) is 2. The Hall–Kier alpha value is -1.36. The van der Waals surface area contributed by atoms with E-state index in [1.54, 1.807) is 0 Å². The summed E-state index contributed by atoms with van der Waals surface area (Å²) in [7, 11) is 0. The molecule has 2 N–H and O–H groups in total. The summed E-state index contributed by atoms with van der Waals surface area (Å²) in [5.74, 6) is -1.41. The molecule has 15 heavy (non-hydrogen) atoms. The maximum absolute atomic E-state index is 11.7. The van der Waals surface area contributed by atoms with E-state index in [1.807, 2.05) is 18.4 Å². The number of carboxylic acids is 1. The number of aryl methyl sites for hydroxylation is 1. The van der Waals surface area contributed by atoms with Crippen LogP contribution in [0, 0.1) is 12.3 Å². The highest BCUT2D eigenvalue weighted by atomic mass is 32.1. The first-order valence-corrected chi connectivity index (χ1v) is 5.53. The zero-order chi connectivity index (χ0) is 11.1. The molecule has 1 aromatic heterocycles. The van der Waals surface area contributed by atoms with Gasteiger partial charge in [-0.1, -0.05) is 0 Å². The van der Waals surface area contributed by atoms with Crippen molar-refractivity contribution in [1.82, 2.24) is 0 Å². The van der Waals surface area contributed by atoms with Crippen molar-refractivity contribution in [3.05, 3.63) is 17.0 Å². The van der Waals surface area contributed by atoms with Crippen molar-refractivity contribution in [2.45, 2.75) is 19.8 Å². The number of rotatable bonds is 3. The van der Waals surface area contributed by atoms with Gasteiger partial charge in [0.05, 0.1) is 5.00 Å². The molecular weight excluding hydrogens is 214 g/mol. The molecule has 0 bridgehead atoms. The number of carbonyl (C=O) groups is 2. The molecule has 1 heterocycles. The van der Waals surface area contributed by atoms with Crippen LogP contribution in [-0.2, 0) is 9.59 Å². The molecule has 1 aromatic rings. The standard InChI is InChI=1S/C10H11NO3S/c1-6-2-5-15-7(6)11-8(12)10(3-4-10)9(13)14/h2,5H,3-4H2,1H3,(H,11,12)(H,13,14). The molecule has 1 saturated carbocycles. The number of carbonyl (C=O) groups excluding carboxylic acids is 1. The molecule has 2 rings (SSSR count). The minimum atomic E-state index is -1.16. The lowest BCUT2D eigenvalue weighted by atomic mass is 10.1. The lowest BCUT2D eigenvalue weighted by molar-refractivity contribution is -0.147. The summed E-state index contributed by atoms with van der Waals surface area (Å²) < 4.78 is 0. The van der Waals surface area contributed by atoms with Gasteiger partial charge in [0.25, 0.3) is 0 Å². The Labute approximate surface area is 90.9 Å².